The third-order valence-corrected chi connectivity index (χ3v) is 2.29. The van der Waals surface area contributed by atoms with Gasteiger partial charge in [0.05, 0.1) is 0 Å². The Labute approximate surface area is 95.6 Å². The van der Waals surface area contributed by atoms with Crippen molar-refractivity contribution in [3.8, 4) is 0 Å². The molecular weight excluding hydrogens is 210 g/mol. The summed E-state index contributed by atoms with van der Waals surface area (Å²) in [7, 11) is 0. The molecule has 0 radical (unpaired) electrons. The zero-order chi connectivity index (χ0) is 11.1. The molecule has 1 aromatic rings. The number of hydrogen-bond donors (Lipinski definition) is 1. The summed E-state index contributed by atoms with van der Waals surface area (Å²) in [4.78, 5) is 11.3. The van der Waals surface area contributed by atoms with E-state index in [-0.39, 0.29) is 5.91 Å². The van der Waals surface area contributed by atoms with Crippen LogP contribution in [0.25, 0.3) is 0 Å². The summed E-state index contributed by atoms with van der Waals surface area (Å²) in [5.74, 6) is 0.698. The molecule has 0 aromatic heterocycles. The van der Waals surface area contributed by atoms with E-state index in [0.717, 1.165) is 18.5 Å². The van der Waals surface area contributed by atoms with E-state index in [1.165, 1.54) is 5.56 Å². The van der Waals surface area contributed by atoms with Crippen LogP contribution in [0, 0.1) is 0 Å². The van der Waals surface area contributed by atoms with Gasteiger partial charge in [-0.2, -0.15) is 0 Å². The fourth-order valence-electron chi connectivity index (χ4n) is 1.31. The number of carbonyl (C=O) groups is 1. The molecule has 1 rings (SSSR count). The minimum absolute atomic E-state index is 0.0718. The molecule has 0 saturated heterocycles. The van der Waals surface area contributed by atoms with E-state index in [1.807, 2.05) is 31.2 Å². The number of anilines is 1. The maximum atomic E-state index is 11.3. The molecule has 1 N–H and O–H groups in total. The fourth-order valence-corrected chi connectivity index (χ4v) is 1.53. The van der Waals surface area contributed by atoms with Gasteiger partial charge in [0.2, 0.25) is 5.91 Å². The lowest BCUT2D eigenvalue weighted by Gasteiger charge is -2.05. The second kappa shape index (κ2) is 6.46. The fraction of sp³-hybridized carbons (Fsp3) is 0.417. The number of amides is 1. The van der Waals surface area contributed by atoms with Gasteiger partial charge in [0.15, 0.2) is 0 Å². The number of halogens is 1. The number of hydrogen-bond acceptors (Lipinski definition) is 1. The predicted octanol–water partition coefficient (Wildman–Crippen LogP) is 3.21. The summed E-state index contributed by atoms with van der Waals surface area (Å²) in [6, 6.07) is 7.80. The standard InChI is InChI=1S/C12H16ClNO/c1-2-3-12(15)14-11-6-4-10(5-7-11)8-9-13/h4-7H,2-3,8-9H2,1H3,(H,14,15). The minimum atomic E-state index is 0.0718. The summed E-state index contributed by atoms with van der Waals surface area (Å²) < 4.78 is 0. The van der Waals surface area contributed by atoms with Crippen LogP contribution < -0.4 is 5.32 Å². The summed E-state index contributed by atoms with van der Waals surface area (Å²) in [5, 5.41) is 2.84. The van der Waals surface area contributed by atoms with Crippen LogP contribution in [0.15, 0.2) is 24.3 Å². The number of rotatable bonds is 5. The van der Waals surface area contributed by atoms with Crippen LogP contribution in [0.3, 0.4) is 0 Å². The van der Waals surface area contributed by atoms with Crippen LogP contribution in [0.4, 0.5) is 5.69 Å². The summed E-state index contributed by atoms with van der Waals surface area (Å²) in [6.45, 7) is 1.99. The molecular formula is C12H16ClNO. The number of benzene rings is 1. The van der Waals surface area contributed by atoms with Gasteiger partial charge in [-0.25, -0.2) is 0 Å². The van der Waals surface area contributed by atoms with E-state index in [4.69, 9.17) is 11.6 Å². The van der Waals surface area contributed by atoms with Gasteiger partial charge in [-0.3, -0.25) is 4.79 Å². The minimum Gasteiger partial charge on any atom is -0.326 e. The number of alkyl halides is 1. The van der Waals surface area contributed by atoms with E-state index in [9.17, 15) is 4.79 Å². The van der Waals surface area contributed by atoms with Crippen molar-refractivity contribution in [2.45, 2.75) is 26.2 Å². The number of carbonyl (C=O) groups excluding carboxylic acids is 1. The van der Waals surface area contributed by atoms with Crippen molar-refractivity contribution in [1.82, 2.24) is 0 Å². The van der Waals surface area contributed by atoms with Gasteiger partial charge in [-0.15, -0.1) is 11.6 Å². The van der Waals surface area contributed by atoms with Crippen LogP contribution in [0.1, 0.15) is 25.3 Å². The van der Waals surface area contributed by atoms with Crippen molar-refractivity contribution < 1.29 is 4.79 Å². The smallest absolute Gasteiger partial charge is 0.224 e. The van der Waals surface area contributed by atoms with Crippen molar-refractivity contribution in [1.29, 1.82) is 0 Å². The average molecular weight is 226 g/mol. The van der Waals surface area contributed by atoms with E-state index in [2.05, 4.69) is 5.32 Å². The van der Waals surface area contributed by atoms with Crippen molar-refractivity contribution in [2.24, 2.45) is 0 Å². The molecule has 0 aliphatic rings. The number of aryl methyl sites for hydroxylation is 1. The van der Waals surface area contributed by atoms with Crippen molar-refractivity contribution >= 4 is 23.2 Å². The molecule has 0 saturated carbocycles. The molecule has 1 aromatic carbocycles. The lowest BCUT2D eigenvalue weighted by atomic mass is 10.1. The average Bonchev–Trinajstić information content (AvgIpc) is 2.22. The van der Waals surface area contributed by atoms with Gasteiger partial charge < -0.3 is 5.32 Å². The molecule has 0 aliphatic carbocycles. The second-order valence-electron chi connectivity index (χ2n) is 3.43. The topological polar surface area (TPSA) is 29.1 Å². The zero-order valence-corrected chi connectivity index (χ0v) is 9.68. The van der Waals surface area contributed by atoms with Gasteiger partial charge in [-0.1, -0.05) is 19.1 Å². The van der Waals surface area contributed by atoms with Gasteiger partial charge in [-0.05, 0) is 30.5 Å². The Morgan fingerprint density at radius 3 is 2.53 bits per heavy atom. The molecule has 0 fully saturated rings. The van der Waals surface area contributed by atoms with Gasteiger partial charge in [0.1, 0.15) is 0 Å². The molecule has 82 valence electrons. The molecule has 0 aliphatic heterocycles. The Hall–Kier alpha value is -1.02. The highest BCUT2D eigenvalue weighted by Crippen LogP contribution is 2.11. The lowest BCUT2D eigenvalue weighted by Crippen LogP contribution is -2.10. The van der Waals surface area contributed by atoms with Crippen molar-refractivity contribution in [3.63, 3.8) is 0 Å². The number of nitrogens with one attached hydrogen (secondary N) is 1. The van der Waals surface area contributed by atoms with Gasteiger partial charge in [0, 0.05) is 18.0 Å². The Kier molecular flexibility index (Phi) is 5.19. The molecule has 1 amide bonds. The first-order valence-electron chi connectivity index (χ1n) is 5.21. The van der Waals surface area contributed by atoms with Crippen LogP contribution in [0.5, 0.6) is 0 Å². The Bertz CT molecular complexity index is 308. The SMILES string of the molecule is CCCC(=O)Nc1ccc(CCCl)cc1. The molecule has 15 heavy (non-hydrogen) atoms. The molecule has 3 heteroatoms. The molecule has 0 spiro atoms. The van der Waals surface area contributed by atoms with E-state index in [0.29, 0.717) is 12.3 Å². The predicted molar refractivity (Wildman–Crippen MR) is 64.4 cm³/mol. The molecule has 2 nitrogen and oxygen atoms in total. The highest BCUT2D eigenvalue weighted by atomic mass is 35.5. The second-order valence-corrected chi connectivity index (χ2v) is 3.81. The summed E-state index contributed by atoms with van der Waals surface area (Å²) in [5.41, 5.74) is 2.05. The summed E-state index contributed by atoms with van der Waals surface area (Å²) >= 11 is 5.63. The van der Waals surface area contributed by atoms with E-state index >= 15 is 0 Å². The van der Waals surface area contributed by atoms with Gasteiger partial charge >= 0.3 is 0 Å². The lowest BCUT2D eigenvalue weighted by molar-refractivity contribution is -0.116. The molecule has 0 atom stereocenters. The van der Waals surface area contributed by atoms with Crippen LogP contribution in [-0.4, -0.2) is 11.8 Å². The maximum Gasteiger partial charge on any atom is 0.224 e. The van der Waals surface area contributed by atoms with E-state index in [1.54, 1.807) is 0 Å². The Balaban J connectivity index is 2.52. The van der Waals surface area contributed by atoms with Gasteiger partial charge in [0.25, 0.3) is 0 Å². The Morgan fingerprint density at radius 2 is 2.00 bits per heavy atom. The monoisotopic (exact) mass is 225 g/mol. The van der Waals surface area contributed by atoms with Crippen LogP contribution in [0.2, 0.25) is 0 Å². The highest BCUT2D eigenvalue weighted by Gasteiger charge is 2.00. The molecule has 0 heterocycles. The van der Waals surface area contributed by atoms with Crippen LogP contribution in [-0.2, 0) is 11.2 Å². The third-order valence-electron chi connectivity index (χ3n) is 2.10. The Morgan fingerprint density at radius 1 is 1.33 bits per heavy atom. The van der Waals surface area contributed by atoms with Crippen molar-refractivity contribution in [2.75, 3.05) is 11.2 Å². The zero-order valence-electron chi connectivity index (χ0n) is 8.92. The maximum absolute atomic E-state index is 11.3. The first-order valence-corrected chi connectivity index (χ1v) is 5.74. The normalized spacial score (nSPS) is 10.0. The summed E-state index contributed by atoms with van der Waals surface area (Å²) in [6.07, 6.45) is 2.31. The van der Waals surface area contributed by atoms with Crippen molar-refractivity contribution in [3.05, 3.63) is 29.8 Å². The quantitative estimate of drug-likeness (QED) is 0.767. The molecule has 0 bridgehead atoms. The highest BCUT2D eigenvalue weighted by molar-refractivity contribution is 6.17. The first-order chi connectivity index (χ1) is 7.26. The third kappa shape index (κ3) is 4.34. The molecule has 0 unspecified atom stereocenters. The largest absolute Gasteiger partial charge is 0.326 e. The first kappa shape index (κ1) is 12.1. The van der Waals surface area contributed by atoms with E-state index < -0.39 is 0 Å². The van der Waals surface area contributed by atoms with Crippen LogP contribution >= 0.6 is 11.6 Å².